The molecule has 1 saturated heterocycles. The van der Waals surface area contributed by atoms with E-state index in [9.17, 15) is 0 Å². The van der Waals surface area contributed by atoms with E-state index in [0.717, 1.165) is 0 Å². The van der Waals surface area contributed by atoms with Crippen LogP contribution in [0.3, 0.4) is 0 Å². The molecule has 2 nitrogen and oxygen atoms in total. The van der Waals surface area contributed by atoms with Gasteiger partial charge in [-0.25, -0.2) is 0 Å². The van der Waals surface area contributed by atoms with Crippen molar-refractivity contribution in [2.24, 2.45) is 0 Å². The van der Waals surface area contributed by atoms with Crippen LogP contribution >= 0.6 is 24.0 Å². The highest BCUT2D eigenvalue weighted by Crippen LogP contribution is 1.96. The molecule has 1 heterocycles. The van der Waals surface area contributed by atoms with Crippen LogP contribution in [0.5, 0.6) is 0 Å². The molecule has 1 fully saturated rings. The average molecular weight is 279 g/mol. The van der Waals surface area contributed by atoms with Crippen molar-refractivity contribution >= 4 is 24.0 Å². The second kappa shape index (κ2) is 5.57. The second-order valence-corrected chi connectivity index (χ2v) is 3.13. The van der Waals surface area contributed by atoms with Gasteiger partial charge in [0.25, 0.3) is 0 Å². The molecule has 0 spiro atoms. The normalized spacial score (nSPS) is 22.2. The minimum absolute atomic E-state index is 0. The van der Waals surface area contributed by atoms with Gasteiger partial charge in [-0.1, -0.05) is 0 Å². The van der Waals surface area contributed by atoms with Crippen molar-refractivity contribution in [1.29, 1.82) is 0 Å². The van der Waals surface area contributed by atoms with Gasteiger partial charge in [-0.05, 0) is 0 Å². The van der Waals surface area contributed by atoms with Gasteiger partial charge in [-0.15, -0.1) is 24.0 Å². The summed E-state index contributed by atoms with van der Waals surface area (Å²) in [5.74, 6) is 0. The Balaban J connectivity index is 0. The molecule has 1 aliphatic rings. The highest BCUT2D eigenvalue weighted by molar-refractivity contribution is 14.0. The van der Waals surface area contributed by atoms with Gasteiger partial charge in [0.2, 0.25) is 0 Å². The molecular weight excluding hydrogens is 262 g/mol. The predicted molar refractivity (Wildman–Crippen MR) is 50.1 cm³/mol. The van der Waals surface area contributed by atoms with Crippen LogP contribution < -0.4 is 17.7 Å². The number of hydrogen-bond donors (Lipinski definition) is 1. The fourth-order valence-electron chi connectivity index (χ4n) is 1.00. The number of nitrogens with zero attached hydrogens (tertiary/aromatic N) is 1. The predicted octanol–water partition coefficient (Wildman–Crippen LogP) is -2.71. The van der Waals surface area contributed by atoms with Gasteiger partial charge >= 0.3 is 0 Å². The van der Waals surface area contributed by atoms with Gasteiger partial charge in [0.05, 0.1) is 27.2 Å². The standard InChI is InChI=1S/C6H15N2.ClH.HI/c1-8(2)5-3-7-4-6-8;;/h7H,3-6H2,1-2H3;2*1H/q+1;;/p-1. The largest absolute Gasteiger partial charge is 1.00 e. The van der Waals surface area contributed by atoms with Crippen LogP contribution in [0.2, 0.25) is 0 Å². The Morgan fingerprint density at radius 3 is 1.70 bits per heavy atom. The number of nitrogens with one attached hydrogen (secondary N) is 1. The van der Waals surface area contributed by atoms with Crippen LogP contribution in [0.1, 0.15) is 0 Å². The Bertz CT molecular complexity index is 79.8. The van der Waals surface area contributed by atoms with Crippen molar-refractivity contribution < 1.29 is 16.9 Å². The molecule has 0 unspecified atom stereocenters. The molecule has 0 aliphatic carbocycles. The molecule has 10 heavy (non-hydrogen) atoms. The van der Waals surface area contributed by atoms with Gasteiger partial charge in [0.15, 0.2) is 0 Å². The fraction of sp³-hybridized carbons (Fsp3) is 1.00. The Morgan fingerprint density at radius 2 is 1.50 bits per heavy atom. The van der Waals surface area contributed by atoms with Crippen LogP contribution in [-0.2, 0) is 0 Å². The van der Waals surface area contributed by atoms with E-state index in [-0.39, 0.29) is 36.4 Å². The lowest BCUT2D eigenvalue weighted by Crippen LogP contribution is -3.00. The van der Waals surface area contributed by atoms with Crippen LogP contribution in [0, 0.1) is 0 Å². The van der Waals surface area contributed by atoms with Gasteiger partial charge in [-0.2, -0.15) is 0 Å². The zero-order valence-electron chi connectivity index (χ0n) is 6.56. The summed E-state index contributed by atoms with van der Waals surface area (Å²) in [6.07, 6.45) is 0. The lowest BCUT2D eigenvalue weighted by atomic mass is 10.3. The molecule has 0 radical (unpaired) electrons. The Morgan fingerprint density at radius 1 is 1.10 bits per heavy atom. The molecule has 64 valence electrons. The first-order valence-electron chi connectivity index (χ1n) is 3.23. The Kier molecular flexibility index (Phi) is 7.54. The molecule has 0 atom stereocenters. The number of quaternary nitrogens is 1. The van der Waals surface area contributed by atoms with Crippen LogP contribution in [-0.4, -0.2) is 44.8 Å². The van der Waals surface area contributed by atoms with Gasteiger partial charge in [-0.3, -0.25) is 0 Å². The molecule has 0 aromatic carbocycles. The monoisotopic (exact) mass is 278 g/mol. The first-order chi connectivity index (χ1) is 3.71. The van der Waals surface area contributed by atoms with Crippen molar-refractivity contribution in [1.82, 2.24) is 5.32 Å². The highest BCUT2D eigenvalue weighted by atomic mass is 127. The van der Waals surface area contributed by atoms with Crippen molar-refractivity contribution in [2.45, 2.75) is 0 Å². The lowest BCUT2D eigenvalue weighted by molar-refractivity contribution is -0.891. The van der Waals surface area contributed by atoms with E-state index < -0.39 is 0 Å². The van der Waals surface area contributed by atoms with Crippen molar-refractivity contribution in [3.63, 3.8) is 0 Å². The van der Waals surface area contributed by atoms with Crippen LogP contribution in [0.25, 0.3) is 0 Å². The zero-order chi connectivity index (χ0) is 6.04. The lowest BCUT2D eigenvalue weighted by Gasteiger charge is -2.33. The summed E-state index contributed by atoms with van der Waals surface area (Å²) in [5.41, 5.74) is 0. The molecule has 0 bridgehead atoms. The van der Waals surface area contributed by atoms with Crippen molar-refractivity contribution in [2.75, 3.05) is 40.3 Å². The zero-order valence-corrected chi connectivity index (χ0v) is 9.65. The van der Waals surface area contributed by atoms with Crippen molar-refractivity contribution in [3.05, 3.63) is 0 Å². The van der Waals surface area contributed by atoms with Crippen molar-refractivity contribution in [3.8, 4) is 0 Å². The summed E-state index contributed by atoms with van der Waals surface area (Å²) >= 11 is 0. The third kappa shape index (κ3) is 4.71. The van der Waals surface area contributed by atoms with E-state index in [2.05, 4.69) is 19.4 Å². The minimum Gasteiger partial charge on any atom is -1.00 e. The smallest absolute Gasteiger partial charge is 0.0909 e. The summed E-state index contributed by atoms with van der Waals surface area (Å²) in [6.45, 7) is 4.93. The van der Waals surface area contributed by atoms with E-state index in [0.29, 0.717) is 0 Å². The number of rotatable bonds is 0. The number of halogens is 2. The maximum atomic E-state index is 3.32. The molecule has 0 saturated carbocycles. The quantitative estimate of drug-likeness (QED) is 0.375. The first kappa shape index (κ1) is 13.5. The average Bonchev–Trinajstić information content (AvgIpc) is 1.65. The van der Waals surface area contributed by atoms with E-state index in [1.807, 2.05) is 0 Å². The minimum atomic E-state index is 0. The molecule has 0 aromatic rings. The SMILES string of the molecule is C[N+]1(C)CCNCC1.I.[Cl-]. The molecule has 1 aliphatic heterocycles. The summed E-state index contributed by atoms with van der Waals surface area (Å²) < 4.78 is 1.19. The van der Waals surface area contributed by atoms with E-state index in [4.69, 9.17) is 0 Å². The van der Waals surface area contributed by atoms with Gasteiger partial charge < -0.3 is 22.2 Å². The molecule has 1 N–H and O–H groups in total. The molecule has 4 heteroatoms. The fourth-order valence-corrected chi connectivity index (χ4v) is 1.00. The molecular formula is C6H16ClIN2. The number of hydrogen-bond acceptors (Lipinski definition) is 1. The van der Waals surface area contributed by atoms with Crippen LogP contribution in [0.4, 0.5) is 0 Å². The summed E-state index contributed by atoms with van der Waals surface area (Å²) in [4.78, 5) is 0. The number of likely N-dealkylation sites (N-methyl/N-ethyl adjacent to an activating group) is 1. The van der Waals surface area contributed by atoms with Crippen LogP contribution in [0.15, 0.2) is 0 Å². The van der Waals surface area contributed by atoms with Gasteiger partial charge in [0, 0.05) is 13.1 Å². The van der Waals surface area contributed by atoms with E-state index >= 15 is 0 Å². The van der Waals surface area contributed by atoms with Gasteiger partial charge in [0.1, 0.15) is 0 Å². The highest BCUT2D eigenvalue weighted by Gasteiger charge is 2.17. The van der Waals surface area contributed by atoms with E-state index in [1.165, 1.54) is 30.7 Å². The summed E-state index contributed by atoms with van der Waals surface area (Å²) in [7, 11) is 4.56. The number of piperazine rings is 1. The summed E-state index contributed by atoms with van der Waals surface area (Å²) in [5, 5.41) is 3.32. The topological polar surface area (TPSA) is 12.0 Å². The first-order valence-corrected chi connectivity index (χ1v) is 3.23. The summed E-state index contributed by atoms with van der Waals surface area (Å²) in [6, 6.07) is 0. The maximum Gasteiger partial charge on any atom is 0.0909 e. The third-order valence-electron chi connectivity index (χ3n) is 1.79. The molecule has 0 aromatic heterocycles. The maximum absolute atomic E-state index is 3.32. The molecule has 1 rings (SSSR count). The third-order valence-corrected chi connectivity index (χ3v) is 1.79. The van der Waals surface area contributed by atoms with E-state index in [1.54, 1.807) is 0 Å². The Labute approximate surface area is 86.4 Å². The second-order valence-electron chi connectivity index (χ2n) is 3.13. The Hall–Kier alpha value is 0.940. The molecule has 0 amide bonds.